The number of carbonyl (C=O) groups excluding carboxylic acids is 4. The molecule has 4 fully saturated rings. The predicted octanol–water partition coefficient (Wildman–Crippen LogP) is 2.92. The van der Waals surface area contributed by atoms with E-state index in [1.165, 1.54) is 0 Å². The molecule has 1 aromatic carbocycles. The lowest BCUT2D eigenvalue weighted by Gasteiger charge is -2.64. The number of ketones is 1. The summed E-state index contributed by atoms with van der Waals surface area (Å²) in [6, 6.07) is 6.52. The van der Waals surface area contributed by atoms with Gasteiger partial charge in [-0.1, -0.05) is 45.3 Å². The van der Waals surface area contributed by atoms with Gasteiger partial charge >= 0.3 is 7.12 Å². The van der Waals surface area contributed by atoms with Crippen LogP contribution in [-0.4, -0.2) is 77.3 Å². The third kappa shape index (κ3) is 7.12. The summed E-state index contributed by atoms with van der Waals surface area (Å²) in [6.45, 7) is 10.8. The number of Topliss-reactive ketones (excluding diaryl/α,β-unsaturated/α-hetero) is 1. The number of fused-ring (bicyclic) bond motifs is 1. The van der Waals surface area contributed by atoms with E-state index >= 15 is 0 Å². The van der Waals surface area contributed by atoms with E-state index in [2.05, 4.69) is 44.9 Å². The molecule has 2 heterocycles. The largest absolute Gasteiger partial charge is 0.481 e. The standard InChI is InChI=1S/C33H47BN6O8/c1-19(2)15-27(34-47-26-18-21-17-25(32(21,3)4)33(26,5)48-34)37-28(42)20(9-8-13-36-31(35)38-40(45)46)16-22(41)12-14-39-29(43)23-10-6-7-11-24(23)30(39)44/h6-7,10-11,19-21,25-27H,8-9,12-18H2,1-5H3,(H,37,42)(H3,35,36,38)/t20-,21+,25+,26-,27+,33+/m1/s1. The lowest BCUT2D eigenvalue weighted by atomic mass is 9.43. The van der Waals surface area contributed by atoms with Crippen LogP contribution in [0.25, 0.3) is 0 Å². The van der Waals surface area contributed by atoms with E-state index in [1.54, 1.807) is 29.7 Å². The van der Waals surface area contributed by atoms with E-state index in [-0.39, 0.29) is 67.4 Å². The Hall–Kier alpha value is -3.85. The Labute approximate surface area is 281 Å². The van der Waals surface area contributed by atoms with Crippen molar-refractivity contribution in [1.82, 2.24) is 15.6 Å². The molecule has 6 rings (SSSR count). The van der Waals surface area contributed by atoms with E-state index in [4.69, 9.17) is 15.0 Å². The zero-order chi connectivity index (χ0) is 35.0. The molecule has 3 amide bonds. The maximum Gasteiger partial charge on any atom is 0.481 e. The number of hydrogen-bond acceptors (Lipinski definition) is 9. The van der Waals surface area contributed by atoms with Gasteiger partial charge in [-0.15, -0.1) is 0 Å². The van der Waals surface area contributed by atoms with Crippen molar-refractivity contribution in [3.8, 4) is 0 Å². The molecule has 260 valence electrons. The molecule has 3 saturated carbocycles. The first kappa shape index (κ1) is 35.5. The normalized spacial score (nSPS) is 26.9. The van der Waals surface area contributed by atoms with E-state index in [9.17, 15) is 29.3 Å². The van der Waals surface area contributed by atoms with Crippen molar-refractivity contribution in [1.29, 1.82) is 0 Å². The molecule has 3 aliphatic carbocycles. The number of benzene rings is 1. The van der Waals surface area contributed by atoms with E-state index in [1.807, 2.05) is 0 Å². The quantitative estimate of drug-likeness (QED) is 0.0476. The molecule has 0 radical (unpaired) electrons. The Morgan fingerprint density at radius 3 is 2.44 bits per heavy atom. The molecule has 0 spiro atoms. The van der Waals surface area contributed by atoms with Crippen molar-refractivity contribution in [3.63, 3.8) is 0 Å². The molecule has 14 nitrogen and oxygen atoms in total. The molecule has 2 aliphatic heterocycles. The first-order chi connectivity index (χ1) is 22.6. The minimum Gasteiger partial charge on any atom is -0.404 e. The van der Waals surface area contributed by atoms with Crippen molar-refractivity contribution in [2.45, 2.75) is 97.2 Å². The first-order valence-electron chi connectivity index (χ1n) is 16.9. The van der Waals surface area contributed by atoms with Crippen LogP contribution < -0.4 is 16.5 Å². The van der Waals surface area contributed by atoms with Gasteiger partial charge in [-0.2, -0.15) is 0 Å². The third-order valence-electron chi connectivity index (χ3n) is 10.9. The fourth-order valence-electron chi connectivity index (χ4n) is 8.17. The molecule has 6 atom stereocenters. The summed E-state index contributed by atoms with van der Waals surface area (Å²) in [7, 11) is -0.635. The summed E-state index contributed by atoms with van der Waals surface area (Å²) >= 11 is 0. The number of amides is 3. The number of hydrazine groups is 1. The minimum absolute atomic E-state index is 0.0542. The zero-order valence-corrected chi connectivity index (χ0v) is 28.4. The lowest BCUT2D eigenvalue weighted by Crippen LogP contribution is -2.65. The van der Waals surface area contributed by atoms with Gasteiger partial charge in [0.05, 0.1) is 28.8 Å². The summed E-state index contributed by atoms with van der Waals surface area (Å²) in [4.78, 5) is 68.4. The van der Waals surface area contributed by atoms with E-state index < -0.39 is 41.4 Å². The monoisotopic (exact) mass is 666 g/mol. The Balaban J connectivity index is 1.25. The van der Waals surface area contributed by atoms with Crippen LogP contribution in [0, 0.1) is 39.2 Å². The van der Waals surface area contributed by atoms with Gasteiger partial charge in [-0.25, -0.2) is 15.1 Å². The number of aliphatic imine (C=N–C) groups is 1. The van der Waals surface area contributed by atoms with Crippen LogP contribution in [-0.2, 0) is 18.9 Å². The number of nitrogens with one attached hydrogen (secondary N) is 2. The Morgan fingerprint density at radius 1 is 1.17 bits per heavy atom. The number of hydrogen-bond donors (Lipinski definition) is 3. The van der Waals surface area contributed by atoms with Gasteiger partial charge in [0.2, 0.25) is 5.91 Å². The van der Waals surface area contributed by atoms with Crippen molar-refractivity contribution in [2.75, 3.05) is 13.1 Å². The highest BCUT2D eigenvalue weighted by molar-refractivity contribution is 6.47. The second-order valence-corrected chi connectivity index (χ2v) is 14.9. The number of nitrogens with zero attached hydrogens (tertiary/aromatic N) is 3. The molecular formula is C33H47BN6O8. The highest BCUT2D eigenvalue weighted by Gasteiger charge is 2.68. The maximum atomic E-state index is 13.9. The van der Waals surface area contributed by atoms with Gasteiger partial charge in [0.15, 0.2) is 5.03 Å². The van der Waals surface area contributed by atoms with Crippen LogP contribution in [0.15, 0.2) is 29.3 Å². The second kappa shape index (κ2) is 13.9. The van der Waals surface area contributed by atoms with Crippen molar-refractivity contribution < 1.29 is 33.5 Å². The Kier molecular flexibility index (Phi) is 10.3. The topological polar surface area (TPSA) is 196 Å². The average molecular weight is 667 g/mol. The summed E-state index contributed by atoms with van der Waals surface area (Å²) in [5, 5.41) is 13.0. The predicted molar refractivity (Wildman–Crippen MR) is 177 cm³/mol. The highest BCUT2D eigenvalue weighted by Crippen LogP contribution is 2.65. The SMILES string of the molecule is CC(C)C[C@H](NC(=O)[C@H](CCCN=C(N)N[N+](=O)[O-])CC(=O)CCN1C(=O)c2ccccc2C1=O)B1O[C@@H]2C[C@@H]3C[C@@H](C3(C)C)[C@]2(C)O1. The van der Waals surface area contributed by atoms with Crippen LogP contribution in [0.5, 0.6) is 0 Å². The van der Waals surface area contributed by atoms with Gasteiger partial charge in [0.1, 0.15) is 5.78 Å². The average Bonchev–Trinajstić information content (AvgIpc) is 3.49. The van der Waals surface area contributed by atoms with E-state index in [0.717, 1.165) is 17.7 Å². The van der Waals surface area contributed by atoms with Gasteiger partial charge in [-0.05, 0) is 74.3 Å². The Bertz CT molecular complexity index is 1450. The van der Waals surface area contributed by atoms with E-state index in [0.29, 0.717) is 35.8 Å². The molecule has 48 heavy (non-hydrogen) atoms. The van der Waals surface area contributed by atoms with Crippen LogP contribution in [0.3, 0.4) is 0 Å². The van der Waals surface area contributed by atoms with Crippen LogP contribution in [0.4, 0.5) is 0 Å². The Morgan fingerprint density at radius 2 is 1.83 bits per heavy atom. The highest BCUT2D eigenvalue weighted by atomic mass is 16.7. The summed E-state index contributed by atoms with van der Waals surface area (Å²) in [5.74, 6) is -1.93. The maximum absolute atomic E-state index is 13.9. The minimum atomic E-state index is -0.814. The molecular weight excluding hydrogens is 619 g/mol. The molecule has 15 heteroatoms. The number of carbonyl (C=O) groups is 4. The molecule has 1 aromatic rings. The van der Waals surface area contributed by atoms with Crippen molar-refractivity contribution in [3.05, 3.63) is 45.5 Å². The number of imide groups is 1. The van der Waals surface area contributed by atoms with Gasteiger partial charge in [0.25, 0.3) is 17.8 Å². The fourth-order valence-corrected chi connectivity index (χ4v) is 8.17. The molecule has 2 bridgehead atoms. The number of rotatable bonds is 15. The molecule has 4 N–H and O–H groups in total. The zero-order valence-electron chi connectivity index (χ0n) is 28.4. The van der Waals surface area contributed by atoms with Crippen LogP contribution in [0.1, 0.15) is 100 Å². The van der Waals surface area contributed by atoms with Crippen LogP contribution in [0.2, 0.25) is 0 Å². The third-order valence-corrected chi connectivity index (χ3v) is 10.9. The lowest BCUT2D eigenvalue weighted by molar-refractivity contribution is -0.525. The summed E-state index contributed by atoms with van der Waals surface area (Å²) < 4.78 is 13.2. The van der Waals surface area contributed by atoms with Crippen LogP contribution >= 0.6 is 0 Å². The molecule has 5 aliphatic rings. The fraction of sp³-hybridized carbons (Fsp3) is 0.667. The van der Waals surface area contributed by atoms with Crippen molar-refractivity contribution >= 4 is 36.6 Å². The number of guanidine groups is 1. The van der Waals surface area contributed by atoms with Crippen molar-refractivity contribution in [2.24, 2.45) is 39.8 Å². The molecule has 0 unspecified atom stereocenters. The summed E-state index contributed by atoms with van der Waals surface area (Å²) in [5.41, 5.74) is 7.65. The second-order valence-electron chi connectivity index (χ2n) is 14.9. The number of nitrogens with two attached hydrogens (primary N) is 1. The first-order valence-corrected chi connectivity index (χ1v) is 16.9. The van der Waals surface area contributed by atoms with Gasteiger partial charge in [0, 0.05) is 31.8 Å². The molecule has 0 aromatic heterocycles. The summed E-state index contributed by atoms with van der Waals surface area (Å²) in [6.07, 6.45) is 2.92. The molecule has 1 saturated heterocycles. The number of nitro groups is 1. The smallest absolute Gasteiger partial charge is 0.404 e. The van der Waals surface area contributed by atoms with Gasteiger partial charge in [-0.3, -0.25) is 24.1 Å². The van der Waals surface area contributed by atoms with Gasteiger partial charge < -0.3 is 20.4 Å².